The van der Waals surface area contributed by atoms with Crippen LogP contribution in [-0.4, -0.2) is 250 Å². The molecule has 4 aliphatic carbocycles. The summed E-state index contributed by atoms with van der Waals surface area (Å²) >= 11 is 0. The molecule has 35 atom stereocenters. The Kier molecular flexibility index (Phi) is 22.0. The lowest BCUT2D eigenvalue weighted by Crippen LogP contribution is -2.61. The van der Waals surface area contributed by atoms with Crippen molar-refractivity contribution in [1.82, 2.24) is 0 Å². The standard InChI is InChI=1S/C68H108O26/c1-31-23-46(75-11)55(72)63(80-31)87-40-17-20-65(9)39(24-40)15-16-41-42(65)18-21-66(10)43(41)19-22-68(66,74)38(8)86-52-28-48-61(36(6)84-52)93-94-67(30-79-48)29-49(77-13)60(37(7)92-67)90-51-26-45(70)57(33(3)82-51)88-50-25-44(69)58(34(4)81-50)89-53-27-47(76-12)59(35(5)83-53)91-64-56(73)62(78-14)54(71)32(2)85-64/h15,23,31-38,40-45,47-54,56-64,69-71,73-74H,16-22,24-30H2,1-14H3/t31-,32+,33-,34-,35-,36+,37-,38-,40+,41-,42-,43+,44-,45-,47-,48+,49-,50+,51+,52-,53+,54+,56+,57-,58-,59-,60-,61+,62-,63+,64-,65+,66-,67+,68-/m1/s1. The Bertz CT molecular complexity index is 2610. The van der Waals surface area contributed by atoms with E-state index in [1.807, 2.05) is 27.7 Å². The summed E-state index contributed by atoms with van der Waals surface area (Å²) in [6.07, 6.45) is -8.64. The summed E-state index contributed by atoms with van der Waals surface area (Å²) < 4.78 is 112. The first-order chi connectivity index (χ1) is 44.7. The number of aliphatic hydroxyl groups excluding tert-OH is 4. The predicted molar refractivity (Wildman–Crippen MR) is 326 cm³/mol. The molecular weight excluding hydrogens is 1230 g/mol. The van der Waals surface area contributed by atoms with Crippen molar-refractivity contribution in [2.75, 3.05) is 35.0 Å². The number of rotatable bonds is 17. The molecule has 26 nitrogen and oxygen atoms in total. The number of carbonyl (C=O) groups excluding carboxylic acids is 1. The Morgan fingerprint density at radius 1 is 0.617 bits per heavy atom. The topological polar surface area (TPSA) is 303 Å². The number of hydrogen-bond acceptors (Lipinski definition) is 26. The molecule has 12 rings (SSSR count). The minimum atomic E-state index is -1.37. The average molecular weight is 1340 g/mol. The molecule has 26 heteroatoms. The largest absolute Gasteiger partial charge is 0.493 e. The number of allylic oxidation sites excluding steroid dienone is 1. The van der Waals surface area contributed by atoms with Crippen LogP contribution in [0.3, 0.4) is 0 Å². The lowest BCUT2D eigenvalue weighted by atomic mass is 9.46. The van der Waals surface area contributed by atoms with Gasteiger partial charge in [0.2, 0.25) is 12.1 Å². The Morgan fingerprint density at radius 3 is 1.89 bits per heavy atom. The number of aliphatic hydroxyl groups is 5. The fourth-order valence-corrected chi connectivity index (χ4v) is 18.7. The Balaban J connectivity index is 0.595. The Morgan fingerprint density at radius 2 is 1.24 bits per heavy atom. The molecule has 7 saturated heterocycles. The average Bonchev–Trinajstić information content (AvgIpc) is 1.44. The van der Waals surface area contributed by atoms with Gasteiger partial charge < -0.3 is 111 Å². The van der Waals surface area contributed by atoms with Crippen molar-refractivity contribution in [3.63, 3.8) is 0 Å². The van der Waals surface area contributed by atoms with Gasteiger partial charge >= 0.3 is 0 Å². The second-order valence-corrected chi connectivity index (χ2v) is 29.7. The van der Waals surface area contributed by atoms with Gasteiger partial charge in [0.05, 0.1) is 98.2 Å². The number of fused-ring (bicyclic) bond motifs is 6. The molecule has 94 heavy (non-hydrogen) atoms. The molecule has 8 heterocycles. The molecule has 0 aromatic heterocycles. The third kappa shape index (κ3) is 13.7. The van der Waals surface area contributed by atoms with E-state index in [0.29, 0.717) is 30.6 Å². The van der Waals surface area contributed by atoms with Crippen LogP contribution in [-0.2, 0) is 99.8 Å². The monoisotopic (exact) mass is 1340 g/mol. The highest BCUT2D eigenvalue weighted by Crippen LogP contribution is 2.68. The molecule has 1 spiro atoms. The smallest absolute Gasteiger partial charge is 0.252 e. The summed E-state index contributed by atoms with van der Waals surface area (Å²) in [4.78, 5) is 25.5. The summed E-state index contributed by atoms with van der Waals surface area (Å²) in [5.41, 5.74) is -0.0356. The van der Waals surface area contributed by atoms with Gasteiger partial charge in [-0.05, 0) is 136 Å². The van der Waals surface area contributed by atoms with E-state index in [0.717, 1.165) is 44.9 Å². The van der Waals surface area contributed by atoms with Crippen molar-refractivity contribution in [1.29, 1.82) is 0 Å². The zero-order valence-corrected chi connectivity index (χ0v) is 57.3. The van der Waals surface area contributed by atoms with Gasteiger partial charge in [-0.3, -0.25) is 4.79 Å². The maximum atomic E-state index is 13.1. The number of ketones is 1. The molecule has 3 saturated carbocycles. The normalized spacial score (nSPS) is 52.7. The number of ether oxygens (including phenoxy) is 18. The molecule has 0 bridgehead atoms. The fraction of sp³-hybridized carbons (Fsp3) is 0.926. The SMILES string of the molecule is COC1=C[C@@H](C)O[C@@H](O[C@H]2CC[C@@]3(C)C(=CC[C@@H]4[C@H]3CC[C@]3(C)[C@H]4CC[C@@]3(O)[C@@H](C)O[C@@H]3C[C@@H]4OC[C@]5(C[C@@H](OC)[C@H](O[C@H]6C[C@@H](O)[C@H](O[C@H]7C[C@@H](O)[C@H](O[C@H]8C[C@@H](OC)[C@H](O[C@H]9O[C@@H](C)[C@H](O)[C@@H](OC)[C@@H]9O)[C@@H](C)O8)[C@@H](C)O7)[C@@H](C)O6)[C@@H](C)O5)OO[C@H]4[C@H](C)O3)C2)C1=O. The van der Waals surface area contributed by atoms with Gasteiger partial charge in [0.25, 0.3) is 5.78 Å². The van der Waals surface area contributed by atoms with E-state index >= 15 is 0 Å². The molecular formula is C68H108O26. The van der Waals surface area contributed by atoms with E-state index in [-0.39, 0.29) is 66.9 Å². The first-order valence-electron chi connectivity index (χ1n) is 34.7. The molecule has 5 N–H and O–H groups in total. The fourth-order valence-electron chi connectivity index (χ4n) is 18.7. The second kappa shape index (κ2) is 28.8. The molecule has 0 unspecified atom stereocenters. The predicted octanol–water partition coefficient (Wildman–Crippen LogP) is 4.85. The van der Waals surface area contributed by atoms with E-state index in [4.69, 9.17) is 95.0 Å². The number of carbonyl (C=O) groups is 1. The summed E-state index contributed by atoms with van der Waals surface area (Å²) in [5.74, 6) is -0.143. The Hall–Kier alpha value is -2.01. The third-order valence-corrected chi connectivity index (χ3v) is 24.0. The van der Waals surface area contributed by atoms with Crippen LogP contribution in [0.2, 0.25) is 0 Å². The summed E-state index contributed by atoms with van der Waals surface area (Å²) in [6.45, 7) is 19.4. The van der Waals surface area contributed by atoms with Crippen LogP contribution < -0.4 is 0 Å². The van der Waals surface area contributed by atoms with Gasteiger partial charge in [-0.2, -0.15) is 4.89 Å². The van der Waals surface area contributed by atoms with Crippen molar-refractivity contribution >= 4 is 5.78 Å². The zero-order chi connectivity index (χ0) is 67.1. The van der Waals surface area contributed by atoms with Gasteiger partial charge in [0.15, 0.2) is 37.2 Å². The maximum Gasteiger partial charge on any atom is 0.252 e. The molecule has 0 radical (unpaired) electrons. The summed E-state index contributed by atoms with van der Waals surface area (Å²) in [7, 11) is 6.03. The van der Waals surface area contributed by atoms with Crippen molar-refractivity contribution in [2.24, 2.45) is 28.6 Å². The van der Waals surface area contributed by atoms with Crippen molar-refractivity contribution < 1.29 is 125 Å². The van der Waals surface area contributed by atoms with E-state index in [9.17, 15) is 30.3 Å². The van der Waals surface area contributed by atoms with Crippen LogP contribution in [0.15, 0.2) is 23.5 Å². The van der Waals surface area contributed by atoms with Gasteiger partial charge in [0.1, 0.15) is 55.4 Å². The van der Waals surface area contributed by atoms with Crippen molar-refractivity contribution in [2.45, 2.75) is 336 Å². The number of Topliss-reactive ketones (excluding diaryl/α,β-unsaturated/α-hetero) is 1. The van der Waals surface area contributed by atoms with Crippen LogP contribution in [0.5, 0.6) is 0 Å². The van der Waals surface area contributed by atoms with Gasteiger partial charge in [-0.1, -0.05) is 25.5 Å². The molecule has 12 aliphatic rings. The lowest BCUT2D eigenvalue weighted by Gasteiger charge is -2.59. The van der Waals surface area contributed by atoms with Gasteiger partial charge in [-0.15, -0.1) is 0 Å². The minimum absolute atomic E-state index is 0.0109. The lowest BCUT2D eigenvalue weighted by molar-refractivity contribution is -0.472. The maximum absolute atomic E-state index is 13.1. The third-order valence-electron chi connectivity index (χ3n) is 24.0. The first kappa shape index (κ1) is 71.8. The summed E-state index contributed by atoms with van der Waals surface area (Å²) in [6, 6.07) is 0. The summed E-state index contributed by atoms with van der Waals surface area (Å²) in [5, 5.41) is 57.5. The van der Waals surface area contributed by atoms with Crippen LogP contribution in [0.1, 0.15) is 153 Å². The van der Waals surface area contributed by atoms with E-state index in [1.165, 1.54) is 26.9 Å². The van der Waals surface area contributed by atoms with Crippen molar-refractivity contribution in [3.05, 3.63) is 23.5 Å². The van der Waals surface area contributed by atoms with E-state index in [2.05, 4.69) is 19.9 Å². The molecule has 10 fully saturated rings. The molecule has 0 aromatic carbocycles. The molecule has 8 aliphatic heterocycles. The van der Waals surface area contributed by atoms with Crippen LogP contribution in [0.4, 0.5) is 0 Å². The van der Waals surface area contributed by atoms with Crippen LogP contribution >= 0.6 is 0 Å². The second-order valence-electron chi connectivity index (χ2n) is 29.7. The molecule has 0 amide bonds. The highest BCUT2D eigenvalue weighted by molar-refractivity contribution is 5.96. The van der Waals surface area contributed by atoms with E-state index in [1.54, 1.807) is 40.9 Å². The number of hydrogen-bond donors (Lipinski definition) is 5. The van der Waals surface area contributed by atoms with Gasteiger partial charge in [0, 0.05) is 58.8 Å². The molecule has 536 valence electrons. The minimum Gasteiger partial charge on any atom is -0.493 e. The van der Waals surface area contributed by atoms with Crippen LogP contribution in [0.25, 0.3) is 0 Å². The van der Waals surface area contributed by atoms with Gasteiger partial charge in [-0.25, -0.2) is 4.89 Å². The first-order valence-corrected chi connectivity index (χ1v) is 34.7. The van der Waals surface area contributed by atoms with Crippen molar-refractivity contribution in [3.8, 4) is 0 Å². The quantitative estimate of drug-likeness (QED) is 0.0960. The number of methoxy groups -OCH3 is 4. The zero-order valence-electron chi connectivity index (χ0n) is 57.3. The van der Waals surface area contributed by atoms with Crippen LogP contribution in [0, 0.1) is 28.6 Å². The Labute approximate surface area is 552 Å². The van der Waals surface area contributed by atoms with E-state index < -0.39 is 171 Å². The highest BCUT2D eigenvalue weighted by atomic mass is 17.2. The molecule has 0 aromatic rings. The highest BCUT2D eigenvalue weighted by Gasteiger charge is 2.66.